The van der Waals surface area contributed by atoms with Crippen molar-refractivity contribution in [2.75, 3.05) is 20.2 Å². The Morgan fingerprint density at radius 2 is 1.68 bits per heavy atom. The molecule has 31 heavy (non-hydrogen) atoms. The van der Waals surface area contributed by atoms with Crippen LogP contribution in [0.15, 0.2) is 72.9 Å². The summed E-state index contributed by atoms with van der Waals surface area (Å²) in [5, 5.41) is 11.7. The van der Waals surface area contributed by atoms with Crippen molar-refractivity contribution in [2.45, 2.75) is 31.4 Å². The van der Waals surface area contributed by atoms with Crippen LogP contribution in [0, 0.1) is 11.8 Å². The Kier molecular flexibility index (Phi) is 5.51. The fourth-order valence-electron chi connectivity index (χ4n) is 5.62. The molecule has 1 aliphatic carbocycles. The molecule has 4 heteroatoms. The van der Waals surface area contributed by atoms with Gasteiger partial charge in [-0.2, -0.15) is 0 Å². The number of aliphatic hydroxyl groups is 1. The summed E-state index contributed by atoms with van der Waals surface area (Å²) in [5.41, 5.74) is 3.65. The molecule has 1 saturated heterocycles. The van der Waals surface area contributed by atoms with Crippen LogP contribution in [0.3, 0.4) is 0 Å². The fourth-order valence-corrected chi connectivity index (χ4v) is 5.62. The van der Waals surface area contributed by atoms with E-state index in [1.54, 1.807) is 13.3 Å². The van der Waals surface area contributed by atoms with Gasteiger partial charge >= 0.3 is 0 Å². The van der Waals surface area contributed by atoms with Crippen LogP contribution in [0.2, 0.25) is 0 Å². The second kappa shape index (κ2) is 8.45. The van der Waals surface area contributed by atoms with E-state index in [1.165, 1.54) is 17.5 Å². The van der Waals surface area contributed by atoms with Crippen molar-refractivity contribution in [1.29, 1.82) is 0 Å². The largest absolute Gasteiger partial charge is 0.496 e. The molecule has 3 aromatic rings. The van der Waals surface area contributed by atoms with Crippen LogP contribution < -0.4 is 4.74 Å². The maximum absolute atomic E-state index is 11.7. The minimum Gasteiger partial charge on any atom is -0.496 e. The van der Waals surface area contributed by atoms with Crippen molar-refractivity contribution >= 4 is 0 Å². The quantitative estimate of drug-likeness (QED) is 0.647. The van der Waals surface area contributed by atoms with Crippen molar-refractivity contribution in [1.82, 2.24) is 9.88 Å². The molecule has 1 aliphatic heterocycles. The van der Waals surface area contributed by atoms with Gasteiger partial charge in [-0.15, -0.1) is 0 Å². The lowest BCUT2D eigenvalue weighted by Crippen LogP contribution is -2.58. The number of para-hydroxylation sites is 1. The van der Waals surface area contributed by atoms with Gasteiger partial charge < -0.3 is 9.84 Å². The van der Waals surface area contributed by atoms with E-state index in [0.717, 1.165) is 49.5 Å². The summed E-state index contributed by atoms with van der Waals surface area (Å²) >= 11 is 0. The zero-order valence-corrected chi connectivity index (χ0v) is 18.1. The predicted molar refractivity (Wildman–Crippen MR) is 123 cm³/mol. The molecule has 1 aromatic heterocycles. The Balaban J connectivity index is 1.32. The lowest BCUT2D eigenvalue weighted by atomic mass is 9.64. The molecule has 4 nitrogen and oxygen atoms in total. The lowest BCUT2D eigenvalue weighted by molar-refractivity contribution is -0.151. The highest BCUT2D eigenvalue weighted by Crippen LogP contribution is 2.48. The van der Waals surface area contributed by atoms with Crippen molar-refractivity contribution < 1.29 is 9.84 Å². The molecule has 1 N–H and O–H groups in total. The van der Waals surface area contributed by atoms with Crippen LogP contribution in [-0.2, 0) is 12.1 Å². The summed E-state index contributed by atoms with van der Waals surface area (Å²) in [4.78, 5) is 7.06. The van der Waals surface area contributed by atoms with Crippen molar-refractivity contribution in [3.8, 4) is 16.9 Å². The van der Waals surface area contributed by atoms with Gasteiger partial charge in [-0.25, -0.2) is 0 Å². The summed E-state index contributed by atoms with van der Waals surface area (Å²) in [5.74, 6) is 1.37. The summed E-state index contributed by atoms with van der Waals surface area (Å²) in [6.45, 7) is 2.74. The second-order valence-electron chi connectivity index (χ2n) is 8.96. The van der Waals surface area contributed by atoms with Crippen LogP contribution >= 0.6 is 0 Å². The zero-order chi connectivity index (χ0) is 21.3. The Morgan fingerprint density at radius 1 is 0.968 bits per heavy atom. The zero-order valence-electron chi connectivity index (χ0n) is 18.1. The second-order valence-corrected chi connectivity index (χ2v) is 8.96. The minimum absolute atomic E-state index is 0.239. The number of ether oxygens (including phenoxy) is 1. The normalized spacial score (nSPS) is 25.9. The van der Waals surface area contributed by atoms with Crippen molar-refractivity contribution in [3.05, 3.63) is 84.2 Å². The molecule has 0 amide bonds. The van der Waals surface area contributed by atoms with Crippen LogP contribution in [0.1, 0.15) is 30.5 Å². The maximum Gasteiger partial charge on any atom is 0.126 e. The van der Waals surface area contributed by atoms with E-state index in [9.17, 15) is 5.11 Å². The number of likely N-dealkylation sites (tertiary alicyclic amines) is 1. The van der Waals surface area contributed by atoms with E-state index in [2.05, 4.69) is 40.2 Å². The van der Waals surface area contributed by atoms with Gasteiger partial charge in [0.1, 0.15) is 11.4 Å². The first-order valence-electron chi connectivity index (χ1n) is 11.3. The monoisotopic (exact) mass is 414 g/mol. The molecule has 2 fully saturated rings. The first-order chi connectivity index (χ1) is 15.2. The molecule has 0 radical (unpaired) electrons. The topological polar surface area (TPSA) is 45.6 Å². The summed E-state index contributed by atoms with van der Waals surface area (Å²) in [6, 6.07) is 22.8. The van der Waals surface area contributed by atoms with E-state index >= 15 is 0 Å². The fraction of sp³-hybridized carbons (Fsp3) is 0.370. The third-order valence-electron chi connectivity index (χ3n) is 7.16. The first-order valence-corrected chi connectivity index (χ1v) is 11.3. The molecule has 2 aliphatic rings. The standard InChI is InChI=1S/C27H30N2O2/c1-31-25-10-3-2-9-24(25)21-14-12-20(13-15-21)17-29-18-22-7-6-8-23(19-29)27(22,30)26-11-4-5-16-28-26/h2-5,9-16,22-23,30H,6-8,17-19H2,1H3/t22-,23-/m1/s1. The first kappa shape index (κ1) is 20.2. The van der Waals surface area contributed by atoms with Crippen LogP contribution in [-0.4, -0.2) is 35.2 Å². The molecular formula is C27H30N2O2. The van der Waals surface area contributed by atoms with Gasteiger partial charge in [0, 0.05) is 43.2 Å². The maximum atomic E-state index is 11.7. The average molecular weight is 415 g/mol. The number of pyridine rings is 1. The van der Waals surface area contributed by atoms with E-state index < -0.39 is 5.60 Å². The number of benzene rings is 2. The Bertz CT molecular complexity index is 1000. The lowest BCUT2D eigenvalue weighted by Gasteiger charge is -2.52. The van der Waals surface area contributed by atoms with Crippen molar-refractivity contribution in [3.63, 3.8) is 0 Å². The van der Waals surface area contributed by atoms with E-state index in [4.69, 9.17) is 4.74 Å². The average Bonchev–Trinajstić information content (AvgIpc) is 2.81. The number of methoxy groups -OCH3 is 1. The SMILES string of the molecule is COc1ccccc1-c1ccc(CN2C[C@H]3CCC[C@H](C2)C3(O)c2ccccn2)cc1. The molecule has 2 atom stereocenters. The van der Waals surface area contributed by atoms with E-state index in [1.807, 2.05) is 36.4 Å². The van der Waals surface area contributed by atoms with Gasteiger partial charge in [0.25, 0.3) is 0 Å². The Morgan fingerprint density at radius 3 is 2.35 bits per heavy atom. The van der Waals surface area contributed by atoms with Gasteiger partial charge in [-0.3, -0.25) is 9.88 Å². The molecule has 0 spiro atoms. The number of hydrogen-bond donors (Lipinski definition) is 1. The van der Waals surface area contributed by atoms with E-state index in [0.29, 0.717) is 0 Å². The number of rotatable bonds is 5. The minimum atomic E-state index is -0.788. The number of fused-ring (bicyclic) bond motifs is 2. The summed E-state index contributed by atoms with van der Waals surface area (Å²) < 4.78 is 5.51. The number of piperidine rings is 1. The molecule has 2 heterocycles. The van der Waals surface area contributed by atoms with Gasteiger partial charge in [-0.1, -0.05) is 55.0 Å². The number of hydrogen-bond acceptors (Lipinski definition) is 4. The number of nitrogens with zero attached hydrogens (tertiary/aromatic N) is 2. The molecule has 160 valence electrons. The van der Waals surface area contributed by atoms with Gasteiger partial charge in [0.05, 0.1) is 12.8 Å². The highest BCUT2D eigenvalue weighted by Gasteiger charge is 2.52. The van der Waals surface area contributed by atoms with Gasteiger partial charge in [-0.05, 0) is 42.2 Å². The summed E-state index contributed by atoms with van der Waals surface area (Å²) in [6.07, 6.45) is 5.13. The van der Waals surface area contributed by atoms with Crippen LogP contribution in [0.5, 0.6) is 5.75 Å². The molecular weight excluding hydrogens is 384 g/mol. The van der Waals surface area contributed by atoms with Gasteiger partial charge in [0.2, 0.25) is 0 Å². The molecule has 2 bridgehead atoms. The highest BCUT2D eigenvalue weighted by atomic mass is 16.5. The molecule has 0 unspecified atom stereocenters. The van der Waals surface area contributed by atoms with Crippen LogP contribution in [0.25, 0.3) is 11.1 Å². The highest BCUT2D eigenvalue weighted by molar-refractivity contribution is 5.70. The summed E-state index contributed by atoms with van der Waals surface area (Å²) in [7, 11) is 1.71. The van der Waals surface area contributed by atoms with Crippen LogP contribution in [0.4, 0.5) is 0 Å². The predicted octanol–water partition coefficient (Wildman–Crippen LogP) is 4.88. The Hall–Kier alpha value is -2.69. The molecule has 1 saturated carbocycles. The molecule has 2 aromatic carbocycles. The molecule has 5 rings (SSSR count). The van der Waals surface area contributed by atoms with Crippen molar-refractivity contribution in [2.24, 2.45) is 11.8 Å². The smallest absolute Gasteiger partial charge is 0.126 e. The Labute approximate surface area is 184 Å². The van der Waals surface area contributed by atoms with E-state index in [-0.39, 0.29) is 11.8 Å². The third-order valence-corrected chi connectivity index (χ3v) is 7.16. The number of aromatic nitrogens is 1. The van der Waals surface area contributed by atoms with Gasteiger partial charge in [0.15, 0.2) is 0 Å². The third kappa shape index (κ3) is 3.75.